The first-order valence-corrected chi connectivity index (χ1v) is 9.87. The van der Waals surface area contributed by atoms with Gasteiger partial charge in [-0.2, -0.15) is 0 Å². The van der Waals surface area contributed by atoms with E-state index < -0.39 is 0 Å². The van der Waals surface area contributed by atoms with E-state index in [-0.39, 0.29) is 5.91 Å². The fourth-order valence-corrected chi connectivity index (χ4v) is 4.33. The monoisotopic (exact) mass is 412 g/mol. The maximum atomic E-state index is 12.7. The number of nitrogens with zero attached hydrogens (tertiary/aromatic N) is 2. The van der Waals surface area contributed by atoms with E-state index >= 15 is 0 Å². The number of thiazole rings is 1. The van der Waals surface area contributed by atoms with Gasteiger partial charge in [0.2, 0.25) is 5.91 Å². The summed E-state index contributed by atoms with van der Waals surface area (Å²) < 4.78 is 1.06. The molecule has 0 atom stereocenters. The smallest absolute Gasteiger partial charge is 0.233 e. The molecule has 1 aromatic heterocycles. The third-order valence-corrected chi connectivity index (χ3v) is 5.85. The zero-order valence-corrected chi connectivity index (χ0v) is 16.2. The first-order valence-electron chi connectivity index (χ1n) is 8.20. The van der Waals surface area contributed by atoms with Crippen LogP contribution in [0.3, 0.4) is 0 Å². The first kappa shape index (κ1) is 16.5. The van der Waals surface area contributed by atoms with Crippen LogP contribution in [0.15, 0.2) is 52.3 Å². The molecule has 2 heterocycles. The fraction of sp³-hybridized carbons (Fsp3) is 0.200. The molecule has 1 aliphatic heterocycles. The molecule has 0 fully saturated rings. The SMILES string of the molecule is Cc1ccc(-c2nc(CC(=O)N3CCc4cc(Br)ccc43)cs2)cc1. The molecule has 0 bridgehead atoms. The number of fused-ring (bicyclic) bond motifs is 1. The molecule has 3 nitrogen and oxygen atoms in total. The zero-order valence-electron chi connectivity index (χ0n) is 13.8. The normalized spacial score (nSPS) is 13.1. The number of anilines is 1. The maximum absolute atomic E-state index is 12.7. The Morgan fingerprint density at radius 1 is 1.24 bits per heavy atom. The molecule has 0 saturated carbocycles. The minimum Gasteiger partial charge on any atom is -0.311 e. The number of aryl methyl sites for hydroxylation is 1. The summed E-state index contributed by atoms with van der Waals surface area (Å²) in [6.45, 7) is 2.82. The van der Waals surface area contributed by atoms with E-state index in [9.17, 15) is 4.79 Å². The molecule has 0 unspecified atom stereocenters. The average molecular weight is 413 g/mol. The van der Waals surface area contributed by atoms with Crippen molar-refractivity contribution in [3.05, 3.63) is 69.1 Å². The molecular formula is C20H17BrN2OS. The van der Waals surface area contributed by atoms with Crippen LogP contribution in [0.1, 0.15) is 16.8 Å². The van der Waals surface area contributed by atoms with Gasteiger partial charge in [-0.15, -0.1) is 11.3 Å². The largest absolute Gasteiger partial charge is 0.311 e. The summed E-state index contributed by atoms with van der Waals surface area (Å²) in [5, 5.41) is 2.96. The van der Waals surface area contributed by atoms with Crippen molar-refractivity contribution >= 4 is 38.9 Å². The molecule has 0 aliphatic carbocycles. The van der Waals surface area contributed by atoms with Gasteiger partial charge in [0, 0.05) is 27.6 Å². The standard InChI is InChI=1S/C20H17BrN2OS/c1-13-2-4-14(5-3-13)20-22-17(12-25-20)11-19(24)23-9-8-15-10-16(21)6-7-18(15)23/h2-7,10,12H,8-9,11H2,1H3. The van der Waals surface area contributed by atoms with Gasteiger partial charge in [-0.1, -0.05) is 45.8 Å². The number of rotatable bonds is 3. The van der Waals surface area contributed by atoms with Gasteiger partial charge in [-0.3, -0.25) is 4.79 Å². The van der Waals surface area contributed by atoms with Crippen molar-refractivity contribution in [3.63, 3.8) is 0 Å². The molecule has 1 amide bonds. The summed E-state index contributed by atoms with van der Waals surface area (Å²) >= 11 is 5.09. The topological polar surface area (TPSA) is 33.2 Å². The Morgan fingerprint density at radius 3 is 2.84 bits per heavy atom. The molecular weight excluding hydrogens is 396 g/mol. The van der Waals surface area contributed by atoms with Crippen molar-refractivity contribution in [2.24, 2.45) is 0 Å². The predicted molar refractivity (Wildman–Crippen MR) is 106 cm³/mol. The number of amides is 1. The Bertz CT molecular complexity index is 933. The second-order valence-corrected chi connectivity index (χ2v) is 8.03. The van der Waals surface area contributed by atoms with E-state index in [1.165, 1.54) is 11.1 Å². The summed E-state index contributed by atoms with van der Waals surface area (Å²) in [5.41, 5.74) is 5.43. The quantitative estimate of drug-likeness (QED) is 0.605. The van der Waals surface area contributed by atoms with Gasteiger partial charge in [0.25, 0.3) is 0 Å². The highest BCUT2D eigenvalue weighted by atomic mass is 79.9. The van der Waals surface area contributed by atoms with E-state index in [0.29, 0.717) is 6.42 Å². The lowest BCUT2D eigenvalue weighted by atomic mass is 10.1. The van der Waals surface area contributed by atoms with Gasteiger partial charge in [0.15, 0.2) is 0 Å². The van der Waals surface area contributed by atoms with Gasteiger partial charge in [0.1, 0.15) is 5.01 Å². The van der Waals surface area contributed by atoms with E-state index in [1.807, 2.05) is 22.4 Å². The Labute approximate surface area is 159 Å². The number of carbonyl (C=O) groups excluding carboxylic acids is 1. The first-order chi connectivity index (χ1) is 12.1. The number of hydrogen-bond acceptors (Lipinski definition) is 3. The van der Waals surface area contributed by atoms with Crippen molar-refractivity contribution in [3.8, 4) is 10.6 Å². The molecule has 0 radical (unpaired) electrons. The Morgan fingerprint density at radius 2 is 2.04 bits per heavy atom. The van der Waals surface area contributed by atoms with Crippen molar-refractivity contribution in [2.45, 2.75) is 19.8 Å². The van der Waals surface area contributed by atoms with Crippen LogP contribution in [-0.2, 0) is 17.6 Å². The molecule has 0 N–H and O–H groups in total. The summed E-state index contributed by atoms with van der Waals surface area (Å²) in [4.78, 5) is 19.3. The summed E-state index contributed by atoms with van der Waals surface area (Å²) in [6.07, 6.45) is 1.25. The molecule has 4 rings (SSSR count). The van der Waals surface area contributed by atoms with Crippen molar-refractivity contribution < 1.29 is 4.79 Å². The summed E-state index contributed by atoms with van der Waals surface area (Å²) in [5.74, 6) is 0.113. The van der Waals surface area contributed by atoms with Crippen LogP contribution in [0.2, 0.25) is 0 Å². The Kier molecular flexibility index (Phi) is 4.44. The minimum absolute atomic E-state index is 0.113. The van der Waals surface area contributed by atoms with Crippen LogP contribution in [0, 0.1) is 6.92 Å². The average Bonchev–Trinajstić information content (AvgIpc) is 3.22. The molecule has 0 saturated heterocycles. The van der Waals surface area contributed by atoms with E-state index in [1.54, 1.807) is 11.3 Å². The minimum atomic E-state index is 0.113. The Hall–Kier alpha value is -1.98. The van der Waals surface area contributed by atoms with E-state index in [4.69, 9.17) is 0 Å². The molecule has 25 heavy (non-hydrogen) atoms. The lowest BCUT2D eigenvalue weighted by Gasteiger charge is -2.16. The highest BCUT2D eigenvalue weighted by molar-refractivity contribution is 9.10. The number of benzene rings is 2. The van der Waals surface area contributed by atoms with Crippen molar-refractivity contribution in [2.75, 3.05) is 11.4 Å². The fourth-order valence-electron chi connectivity index (χ4n) is 3.10. The molecule has 3 aromatic rings. The zero-order chi connectivity index (χ0) is 17.4. The van der Waals surface area contributed by atoms with Crippen molar-refractivity contribution in [1.82, 2.24) is 4.98 Å². The van der Waals surface area contributed by atoms with Gasteiger partial charge < -0.3 is 4.90 Å². The second kappa shape index (κ2) is 6.73. The summed E-state index contributed by atoms with van der Waals surface area (Å²) in [6, 6.07) is 14.4. The van der Waals surface area contributed by atoms with Crippen LogP contribution in [0.25, 0.3) is 10.6 Å². The third kappa shape index (κ3) is 3.39. The lowest BCUT2D eigenvalue weighted by molar-refractivity contribution is -0.117. The van der Waals surface area contributed by atoms with Crippen LogP contribution in [0.4, 0.5) is 5.69 Å². The molecule has 126 valence electrons. The predicted octanol–water partition coefficient (Wildman–Crippen LogP) is 5.01. The van der Waals surface area contributed by atoms with Gasteiger partial charge in [0.05, 0.1) is 12.1 Å². The van der Waals surface area contributed by atoms with Crippen LogP contribution >= 0.6 is 27.3 Å². The van der Waals surface area contributed by atoms with Gasteiger partial charge in [-0.05, 0) is 37.1 Å². The highest BCUT2D eigenvalue weighted by Gasteiger charge is 2.25. The molecule has 0 spiro atoms. The number of hydrogen-bond donors (Lipinski definition) is 0. The third-order valence-electron chi connectivity index (χ3n) is 4.42. The molecule has 1 aliphatic rings. The maximum Gasteiger partial charge on any atom is 0.233 e. The molecule has 5 heteroatoms. The number of carbonyl (C=O) groups is 1. The second-order valence-electron chi connectivity index (χ2n) is 6.26. The highest BCUT2D eigenvalue weighted by Crippen LogP contribution is 2.31. The summed E-state index contributed by atoms with van der Waals surface area (Å²) in [7, 11) is 0. The van der Waals surface area contributed by atoms with Gasteiger partial charge in [-0.25, -0.2) is 4.98 Å². The van der Waals surface area contributed by atoms with E-state index in [0.717, 1.165) is 39.4 Å². The van der Waals surface area contributed by atoms with Crippen molar-refractivity contribution in [1.29, 1.82) is 0 Å². The lowest BCUT2D eigenvalue weighted by Crippen LogP contribution is -2.30. The van der Waals surface area contributed by atoms with E-state index in [2.05, 4.69) is 58.2 Å². The van der Waals surface area contributed by atoms with Crippen LogP contribution in [0.5, 0.6) is 0 Å². The van der Waals surface area contributed by atoms with Crippen LogP contribution in [-0.4, -0.2) is 17.4 Å². The number of halogens is 1. The number of aromatic nitrogens is 1. The molecule has 2 aromatic carbocycles. The Balaban J connectivity index is 1.50. The van der Waals surface area contributed by atoms with Gasteiger partial charge >= 0.3 is 0 Å². The van der Waals surface area contributed by atoms with Crippen LogP contribution < -0.4 is 4.90 Å².